The lowest BCUT2D eigenvalue weighted by Crippen LogP contribution is -2.19. The fourth-order valence-electron chi connectivity index (χ4n) is 4.99. The van der Waals surface area contributed by atoms with Crippen molar-refractivity contribution in [2.75, 3.05) is 5.32 Å². The van der Waals surface area contributed by atoms with E-state index in [0.717, 1.165) is 51.9 Å². The van der Waals surface area contributed by atoms with Gasteiger partial charge in [0.15, 0.2) is 0 Å². The van der Waals surface area contributed by atoms with E-state index in [4.69, 9.17) is 14.5 Å². The lowest BCUT2D eigenvalue weighted by atomic mass is 9.88. The first-order valence-electron chi connectivity index (χ1n) is 13.5. The number of nitrogens with zero attached hydrogens (tertiary/aromatic N) is 1. The first kappa shape index (κ1) is 26.9. The molecule has 4 aromatic rings. The van der Waals surface area contributed by atoms with Crippen molar-refractivity contribution in [1.82, 2.24) is 4.98 Å². The summed E-state index contributed by atoms with van der Waals surface area (Å²) in [4.78, 5) is 33.0. The highest BCUT2D eigenvalue weighted by Gasteiger charge is 2.30. The van der Waals surface area contributed by atoms with Gasteiger partial charge in [-0.3, -0.25) is 4.79 Å². The minimum atomic E-state index is -0.378. The molecule has 1 aliphatic carbocycles. The molecule has 2 aromatic heterocycles. The molecule has 1 unspecified atom stereocenters. The van der Waals surface area contributed by atoms with E-state index in [1.54, 1.807) is 0 Å². The van der Waals surface area contributed by atoms with Crippen molar-refractivity contribution in [2.45, 2.75) is 66.1 Å². The zero-order chi connectivity index (χ0) is 27.7. The lowest BCUT2D eigenvalue weighted by molar-refractivity contribution is 0.0378. The van der Waals surface area contributed by atoms with Gasteiger partial charge in [0.25, 0.3) is 5.91 Å². The number of fused-ring (bicyclic) bond motifs is 2. The number of hydrogen-bond donors (Lipinski definition) is 1. The highest BCUT2D eigenvalue weighted by molar-refractivity contribution is 7.17. The fourth-order valence-corrected chi connectivity index (χ4v) is 6.38. The number of nitrogens with one attached hydrogen (secondary N) is 1. The van der Waals surface area contributed by atoms with Crippen LogP contribution >= 0.6 is 11.3 Å². The minimum absolute atomic E-state index is 0.0822. The van der Waals surface area contributed by atoms with Crippen molar-refractivity contribution in [3.8, 4) is 17.0 Å². The van der Waals surface area contributed by atoms with Crippen LogP contribution in [0.2, 0.25) is 0 Å². The van der Waals surface area contributed by atoms with E-state index in [0.29, 0.717) is 27.7 Å². The standard InChI is InChI=1S/C32H34N2O4S/c1-18(2)37-22-13-11-21(12-14-22)27-17-25(23-8-6-7-9-26(23)33-27)30(35)34-31-29(32(36)38-19(3)4)24-15-10-20(5)16-28(24)39-31/h6-9,11-14,17-20H,10,15-16H2,1-5H3,(H,34,35). The van der Waals surface area contributed by atoms with Gasteiger partial charge in [-0.1, -0.05) is 25.1 Å². The molecule has 0 saturated carbocycles. The Hall–Kier alpha value is -3.71. The molecule has 1 amide bonds. The minimum Gasteiger partial charge on any atom is -0.491 e. The van der Waals surface area contributed by atoms with Gasteiger partial charge in [-0.25, -0.2) is 9.78 Å². The van der Waals surface area contributed by atoms with E-state index in [-0.39, 0.29) is 24.1 Å². The second-order valence-electron chi connectivity index (χ2n) is 10.7. The fraction of sp³-hybridized carbons (Fsp3) is 0.344. The molecule has 0 fully saturated rings. The SMILES string of the molecule is CC1CCc2c(sc(NC(=O)c3cc(-c4ccc(OC(C)C)cc4)nc4ccccc34)c2C(=O)OC(C)C)C1. The van der Waals surface area contributed by atoms with Crippen molar-refractivity contribution >= 4 is 39.1 Å². The van der Waals surface area contributed by atoms with Crippen LogP contribution in [0.25, 0.3) is 22.2 Å². The Balaban J connectivity index is 1.53. The van der Waals surface area contributed by atoms with Gasteiger partial charge >= 0.3 is 5.97 Å². The molecule has 0 saturated heterocycles. The van der Waals surface area contributed by atoms with Crippen molar-refractivity contribution in [3.63, 3.8) is 0 Å². The van der Waals surface area contributed by atoms with Crippen LogP contribution in [-0.2, 0) is 17.6 Å². The normalized spacial score (nSPS) is 14.9. The molecule has 1 atom stereocenters. The molecule has 1 aliphatic rings. The van der Waals surface area contributed by atoms with E-state index in [1.807, 2.05) is 82.3 Å². The van der Waals surface area contributed by atoms with Gasteiger partial charge in [0, 0.05) is 15.8 Å². The third-order valence-electron chi connectivity index (χ3n) is 6.77. The molecule has 0 bridgehead atoms. The molecule has 6 nitrogen and oxygen atoms in total. The van der Waals surface area contributed by atoms with E-state index in [1.165, 1.54) is 11.3 Å². The summed E-state index contributed by atoms with van der Waals surface area (Å²) in [6.45, 7) is 9.87. The van der Waals surface area contributed by atoms with Crippen LogP contribution in [-0.4, -0.2) is 29.1 Å². The summed E-state index contributed by atoms with van der Waals surface area (Å²) >= 11 is 1.49. The molecule has 0 radical (unpaired) electrons. The van der Waals surface area contributed by atoms with Crippen LogP contribution in [0.15, 0.2) is 54.6 Å². The van der Waals surface area contributed by atoms with Crippen LogP contribution in [0.4, 0.5) is 5.00 Å². The number of carbonyl (C=O) groups excluding carboxylic acids is 2. The molecule has 0 aliphatic heterocycles. The number of anilines is 1. The topological polar surface area (TPSA) is 77.5 Å². The Morgan fingerprint density at radius 3 is 2.49 bits per heavy atom. The number of ether oxygens (including phenoxy) is 2. The van der Waals surface area contributed by atoms with Gasteiger partial charge in [0.2, 0.25) is 0 Å². The lowest BCUT2D eigenvalue weighted by Gasteiger charge is -2.19. The number of para-hydroxylation sites is 1. The van der Waals surface area contributed by atoms with Crippen molar-refractivity contribution < 1.29 is 19.1 Å². The third-order valence-corrected chi connectivity index (χ3v) is 7.94. The molecule has 1 N–H and O–H groups in total. The highest BCUT2D eigenvalue weighted by atomic mass is 32.1. The number of benzene rings is 2. The molecular formula is C32H34N2O4S. The average molecular weight is 543 g/mol. The van der Waals surface area contributed by atoms with Gasteiger partial charge in [0.1, 0.15) is 10.8 Å². The second kappa shape index (κ2) is 11.2. The number of rotatable bonds is 7. The molecule has 7 heteroatoms. The molecule has 39 heavy (non-hydrogen) atoms. The first-order chi connectivity index (χ1) is 18.7. The predicted molar refractivity (Wildman–Crippen MR) is 157 cm³/mol. The van der Waals surface area contributed by atoms with Crippen LogP contribution in [0, 0.1) is 5.92 Å². The Morgan fingerprint density at radius 1 is 1.03 bits per heavy atom. The van der Waals surface area contributed by atoms with Gasteiger partial charge < -0.3 is 14.8 Å². The van der Waals surface area contributed by atoms with Crippen LogP contribution in [0.5, 0.6) is 5.75 Å². The number of aromatic nitrogens is 1. The summed E-state index contributed by atoms with van der Waals surface area (Å²) in [6.07, 6.45) is 2.56. The largest absolute Gasteiger partial charge is 0.491 e. The van der Waals surface area contributed by atoms with Gasteiger partial charge in [-0.2, -0.15) is 0 Å². The summed E-state index contributed by atoms with van der Waals surface area (Å²) in [7, 11) is 0. The monoisotopic (exact) mass is 542 g/mol. The zero-order valence-electron chi connectivity index (χ0n) is 23.0. The molecular weight excluding hydrogens is 508 g/mol. The number of carbonyl (C=O) groups is 2. The molecule has 202 valence electrons. The third kappa shape index (κ3) is 5.83. The number of hydrogen-bond acceptors (Lipinski definition) is 6. The summed E-state index contributed by atoms with van der Waals surface area (Å²) < 4.78 is 11.4. The molecule has 2 aromatic carbocycles. The molecule has 5 rings (SSSR count). The van der Waals surface area contributed by atoms with Crippen molar-refractivity contribution in [1.29, 1.82) is 0 Å². The number of thiophene rings is 1. The quantitative estimate of drug-likeness (QED) is 0.242. The highest BCUT2D eigenvalue weighted by Crippen LogP contribution is 2.40. The maximum absolute atomic E-state index is 13.9. The van der Waals surface area contributed by atoms with Gasteiger partial charge in [-0.05, 0) is 94.8 Å². The number of pyridine rings is 1. The Bertz CT molecular complexity index is 1520. The summed E-state index contributed by atoms with van der Waals surface area (Å²) in [5, 5.41) is 4.39. The predicted octanol–water partition coefficient (Wildman–Crippen LogP) is 7.69. The van der Waals surface area contributed by atoms with Gasteiger partial charge in [0.05, 0.1) is 34.5 Å². The van der Waals surface area contributed by atoms with E-state index in [2.05, 4.69) is 12.2 Å². The summed E-state index contributed by atoms with van der Waals surface area (Å²) in [5.74, 6) is 0.665. The van der Waals surface area contributed by atoms with Gasteiger partial charge in [-0.15, -0.1) is 11.3 Å². The van der Waals surface area contributed by atoms with Crippen molar-refractivity contribution in [2.24, 2.45) is 5.92 Å². The average Bonchev–Trinajstić information content (AvgIpc) is 3.24. The van der Waals surface area contributed by atoms with Crippen LogP contribution < -0.4 is 10.1 Å². The molecule has 2 heterocycles. The van der Waals surface area contributed by atoms with E-state index < -0.39 is 0 Å². The van der Waals surface area contributed by atoms with Crippen LogP contribution in [0.1, 0.15) is 72.2 Å². The summed E-state index contributed by atoms with van der Waals surface area (Å²) in [5.41, 5.74) is 4.31. The maximum atomic E-state index is 13.9. The number of esters is 1. The number of amides is 1. The second-order valence-corrected chi connectivity index (χ2v) is 11.8. The maximum Gasteiger partial charge on any atom is 0.341 e. The first-order valence-corrected chi connectivity index (χ1v) is 14.3. The van der Waals surface area contributed by atoms with Crippen molar-refractivity contribution in [3.05, 3.63) is 76.2 Å². The zero-order valence-corrected chi connectivity index (χ0v) is 23.9. The summed E-state index contributed by atoms with van der Waals surface area (Å²) in [6, 6.07) is 17.2. The van der Waals surface area contributed by atoms with Crippen LogP contribution in [0.3, 0.4) is 0 Å². The Kier molecular flexibility index (Phi) is 7.71. The Labute approximate surface area is 233 Å². The Morgan fingerprint density at radius 2 is 1.77 bits per heavy atom. The van der Waals surface area contributed by atoms with E-state index >= 15 is 0 Å². The smallest absolute Gasteiger partial charge is 0.341 e. The molecule has 0 spiro atoms. The van der Waals surface area contributed by atoms with E-state index in [9.17, 15) is 9.59 Å².